The molecular formula is C32H21F12O6P. The highest BCUT2D eigenvalue weighted by atomic mass is 31.2. The normalized spacial score (nSPS) is 20.8. The molecule has 0 saturated carbocycles. The van der Waals surface area contributed by atoms with E-state index in [0.717, 1.165) is 0 Å². The number of alkyl halides is 12. The Morgan fingerprint density at radius 2 is 0.608 bits per heavy atom. The molecule has 0 radical (unpaired) electrons. The lowest BCUT2D eigenvalue weighted by Crippen LogP contribution is -2.55. The third-order valence-corrected chi connectivity index (χ3v) is 9.25. The molecule has 4 aromatic carbocycles. The minimum atomic E-state index is -6.00. The summed E-state index contributed by atoms with van der Waals surface area (Å²) in [6.45, 7) is 0. The van der Waals surface area contributed by atoms with Crippen LogP contribution >= 0.6 is 7.82 Å². The quantitative estimate of drug-likeness (QED) is 0.142. The van der Waals surface area contributed by atoms with Crippen LogP contribution < -0.4 is 0 Å². The Kier molecular flexibility index (Phi) is 9.49. The number of aliphatic hydroxyl groups is 2. The van der Waals surface area contributed by atoms with Gasteiger partial charge >= 0.3 is 32.5 Å². The highest BCUT2D eigenvalue weighted by Crippen LogP contribution is 2.64. The molecule has 0 spiro atoms. The predicted octanol–water partition coefficient (Wildman–Crippen LogP) is 8.82. The number of phosphoric ester groups is 1. The third kappa shape index (κ3) is 7.12. The van der Waals surface area contributed by atoms with Crippen molar-refractivity contribution in [2.75, 3.05) is 0 Å². The molecular weight excluding hydrogens is 739 g/mol. The summed E-state index contributed by atoms with van der Waals surface area (Å²) in [6.07, 6.45) is -25.4. The van der Waals surface area contributed by atoms with Gasteiger partial charge in [0.05, 0.1) is 22.3 Å². The van der Waals surface area contributed by atoms with Gasteiger partial charge in [0.2, 0.25) is 0 Å². The van der Waals surface area contributed by atoms with Gasteiger partial charge in [-0.1, -0.05) is 48.5 Å². The molecule has 6 nitrogen and oxygen atoms in total. The van der Waals surface area contributed by atoms with Crippen molar-refractivity contribution in [3.05, 3.63) is 142 Å². The Morgan fingerprint density at radius 3 is 0.765 bits per heavy atom. The fourth-order valence-electron chi connectivity index (χ4n) is 5.79. The summed E-state index contributed by atoms with van der Waals surface area (Å²) in [5.74, 6) is 0. The molecule has 2 atom stereocenters. The Hall–Kier alpha value is -3.93. The van der Waals surface area contributed by atoms with Crippen molar-refractivity contribution < 1.29 is 81.4 Å². The summed E-state index contributed by atoms with van der Waals surface area (Å²) in [7, 11) is -6.00. The summed E-state index contributed by atoms with van der Waals surface area (Å²) >= 11 is 0. The topological polar surface area (TPSA) is 96.2 Å². The van der Waals surface area contributed by atoms with Crippen LogP contribution in [0.25, 0.3) is 0 Å². The van der Waals surface area contributed by atoms with Gasteiger partial charge in [0, 0.05) is 0 Å². The maximum absolute atomic E-state index is 13.9. The Labute approximate surface area is 279 Å². The molecule has 274 valence electrons. The minimum Gasteiger partial charge on any atom is -0.386 e. The van der Waals surface area contributed by atoms with Gasteiger partial charge in [0.15, 0.2) is 11.2 Å². The Balaban J connectivity index is 1.83. The Morgan fingerprint density at radius 1 is 0.431 bits per heavy atom. The predicted molar refractivity (Wildman–Crippen MR) is 151 cm³/mol. The van der Waals surface area contributed by atoms with Crippen molar-refractivity contribution in [1.29, 1.82) is 0 Å². The van der Waals surface area contributed by atoms with E-state index in [4.69, 9.17) is 9.05 Å². The standard InChI is InChI=1S/C32H21F12O6P/c33-29(34,35)21-9-1-17(2-10-21)27(18-3-11-22(12-4-18)30(36,37)38)25(45)26(46)28(50-51(47,48)49-27,19-5-13-23(14-6-19)31(39,40)41)20-7-15-24(16-8-20)32(42,43)44/h1-16,25-26,45-46H,(H,47,48)/t25-,26-/m1/s1. The average molecular weight is 760 g/mol. The molecule has 1 fully saturated rings. The van der Waals surface area contributed by atoms with E-state index in [-0.39, 0.29) is 0 Å². The van der Waals surface area contributed by atoms with Gasteiger partial charge < -0.3 is 15.1 Å². The van der Waals surface area contributed by atoms with Crippen LogP contribution in [0, 0.1) is 0 Å². The summed E-state index contributed by atoms with van der Waals surface area (Å²) in [6, 6.07) is 8.19. The second-order valence-electron chi connectivity index (χ2n) is 11.3. The van der Waals surface area contributed by atoms with E-state index < -0.39 is 100 Å². The number of halogens is 12. The van der Waals surface area contributed by atoms with E-state index in [1.54, 1.807) is 0 Å². The summed E-state index contributed by atoms with van der Waals surface area (Å²) in [5.41, 5.74) is -14.1. The first kappa shape index (κ1) is 38.3. The number of hydrogen-bond donors (Lipinski definition) is 3. The van der Waals surface area contributed by atoms with Gasteiger partial charge in [0.25, 0.3) is 0 Å². The zero-order valence-corrected chi connectivity index (χ0v) is 25.8. The van der Waals surface area contributed by atoms with Crippen LogP contribution in [-0.4, -0.2) is 27.3 Å². The van der Waals surface area contributed by atoms with Crippen molar-refractivity contribution in [1.82, 2.24) is 0 Å². The summed E-state index contributed by atoms with van der Waals surface area (Å²) < 4.78 is 186. The van der Waals surface area contributed by atoms with E-state index in [9.17, 15) is 72.4 Å². The number of aliphatic hydroxyl groups excluding tert-OH is 2. The van der Waals surface area contributed by atoms with Gasteiger partial charge in [-0.3, -0.25) is 9.05 Å². The van der Waals surface area contributed by atoms with Gasteiger partial charge in [-0.05, 0) is 70.8 Å². The molecule has 1 saturated heterocycles. The second-order valence-corrected chi connectivity index (χ2v) is 12.6. The average Bonchev–Trinajstić information content (AvgIpc) is 3.11. The number of rotatable bonds is 4. The first-order valence-corrected chi connectivity index (χ1v) is 15.6. The van der Waals surface area contributed by atoms with Crippen molar-refractivity contribution in [2.45, 2.75) is 48.1 Å². The molecule has 1 aliphatic rings. The summed E-state index contributed by atoms with van der Waals surface area (Å²) in [5, 5.41) is 24.0. The molecule has 0 bridgehead atoms. The SMILES string of the molecule is O=P1(O)OC(c2ccc(C(F)(F)F)cc2)(c2ccc(C(F)(F)F)cc2)[C@H](O)[C@@H](O)C(c2ccc(C(F)(F)F)cc2)(c2ccc(C(F)(F)F)cc2)O1. The minimum absolute atomic E-state index is 0.413. The molecule has 0 unspecified atom stereocenters. The second kappa shape index (κ2) is 12.6. The third-order valence-electron chi connectivity index (χ3n) is 8.22. The van der Waals surface area contributed by atoms with Crippen molar-refractivity contribution in [2.24, 2.45) is 0 Å². The molecule has 0 amide bonds. The fourth-order valence-corrected chi connectivity index (χ4v) is 7.19. The highest BCUT2D eigenvalue weighted by molar-refractivity contribution is 7.47. The van der Waals surface area contributed by atoms with E-state index >= 15 is 0 Å². The van der Waals surface area contributed by atoms with E-state index in [1.807, 2.05) is 0 Å². The maximum atomic E-state index is 13.9. The molecule has 0 aromatic heterocycles. The van der Waals surface area contributed by atoms with E-state index in [2.05, 4.69) is 0 Å². The lowest BCUT2D eigenvalue weighted by molar-refractivity contribution is -0.139. The van der Waals surface area contributed by atoms with E-state index in [1.165, 1.54) is 0 Å². The first-order valence-electron chi connectivity index (χ1n) is 14.1. The molecule has 3 N–H and O–H groups in total. The number of benzene rings is 4. The van der Waals surface area contributed by atoms with Crippen LogP contribution in [0.15, 0.2) is 97.1 Å². The largest absolute Gasteiger partial charge is 0.474 e. The number of hydrogen-bond acceptors (Lipinski definition) is 5. The van der Waals surface area contributed by atoms with Gasteiger partial charge in [-0.15, -0.1) is 0 Å². The van der Waals surface area contributed by atoms with Crippen molar-refractivity contribution in [3.63, 3.8) is 0 Å². The number of phosphoric acid groups is 1. The smallest absolute Gasteiger partial charge is 0.386 e. The van der Waals surface area contributed by atoms with Crippen LogP contribution in [0.5, 0.6) is 0 Å². The van der Waals surface area contributed by atoms with Crippen LogP contribution in [0.2, 0.25) is 0 Å². The molecule has 19 heteroatoms. The zero-order chi connectivity index (χ0) is 38.0. The van der Waals surface area contributed by atoms with E-state index in [0.29, 0.717) is 97.1 Å². The summed E-state index contributed by atoms with van der Waals surface area (Å²) in [4.78, 5) is 11.2. The maximum Gasteiger partial charge on any atom is 0.474 e. The van der Waals surface area contributed by atoms with Crippen LogP contribution in [0.4, 0.5) is 52.7 Å². The van der Waals surface area contributed by atoms with Crippen LogP contribution in [0.1, 0.15) is 44.5 Å². The molecule has 0 aliphatic carbocycles. The highest BCUT2D eigenvalue weighted by Gasteiger charge is 2.63. The lowest BCUT2D eigenvalue weighted by atomic mass is 9.71. The lowest BCUT2D eigenvalue weighted by Gasteiger charge is -2.42. The molecule has 51 heavy (non-hydrogen) atoms. The van der Waals surface area contributed by atoms with Crippen LogP contribution in [-0.2, 0) is 49.5 Å². The molecule has 4 aromatic rings. The van der Waals surface area contributed by atoms with Crippen molar-refractivity contribution >= 4 is 7.82 Å². The van der Waals surface area contributed by atoms with Crippen LogP contribution in [0.3, 0.4) is 0 Å². The molecule has 1 aliphatic heterocycles. The monoisotopic (exact) mass is 760 g/mol. The zero-order valence-electron chi connectivity index (χ0n) is 24.9. The van der Waals surface area contributed by atoms with Gasteiger partial charge in [-0.25, -0.2) is 4.57 Å². The fraction of sp³-hybridized carbons (Fsp3) is 0.250. The van der Waals surface area contributed by atoms with Gasteiger partial charge in [-0.2, -0.15) is 52.7 Å². The first-order chi connectivity index (χ1) is 23.3. The van der Waals surface area contributed by atoms with Crippen molar-refractivity contribution in [3.8, 4) is 0 Å². The van der Waals surface area contributed by atoms with Gasteiger partial charge in [0.1, 0.15) is 12.2 Å². The molecule has 5 rings (SSSR count). The Bertz CT molecular complexity index is 1650. The molecule has 1 heterocycles.